The summed E-state index contributed by atoms with van der Waals surface area (Å²) in [5, 5.41) is 5.63. The van der Waals surface area contributed by atoms with Gasteiger partial charge in [-0.15, -0.1) is 0 Å². The van der Waals surface area contributed by atoms with Gasteiger partial charge < -0.3 is 20.1 Å². The minimum absolute atomic E-state index is 0.0821. The quantitative estimate of drug-likeness (QED) is 0.746. The Morgan fingerprint density at radius 1 is 0.963 bits per heavy atom. The molecular weight excluding hydrogens is 346 g/mol. The minimum Gasteiger partial charge on any atom is -0.497 e. The van der Waals surface area contributed by atoms with Crippen LogP contribution in [0.3, 0.4) is 0 Å². The van der Waals surface area contributed by atoms with E-state index >= 15 is 0 Å². The van der Waals surface area contributed by atoms with Crippen LogP contribution in [-0.4, -0.2) is 50.6 Å². The number of carbonyl (C=O) groups excluding carboxylic acids is 2. The molecule has 2 N–H and O–H groups in total. The van der Waals surface area contributed by atoms with Gasteiger partial charge in [-0.3, -0.25) is 14.5 Å². The first-order valence-electron chi connectivity index (χ1n) is 8.52. The summed E-state index contributed by atoms with van der Waals surface area (Å²) in [6, 6.07) is 13.7. The molecule has 0 saturated carbocycles. The summed E-state index contributed by atoms with van der Waals surface area (Å²) in [5.41, 5.74) is 1.31. The molecule has 0 fully saturated rings. The van der Waals surface area contributed by atoms with Gasteiger partial charge in [0.2, 0.25) is 11.8 Å². The van der Waals surface area contributed by atoms with Gasteiger partial charge in [0.1, 0.15) is 11.5 Å². The monoisotopic (exact) mass is 371 g/mol. The van der Waals surface area contributed by atoms with Crippen molar-refractivity contribution >= 4 is 23.2 Å². The highest BCUT2D eigenvalue weighted by Gasteiger charge is 2.20. The molecule has 2 aromatic carbocycles. The van der Waals surface area contributed by atoms with E-state index in [1.54, 1.807) is 81.6 Å². The topological polar surface area (TPSA) is 79.9 Å². The third-order valence-corrected chi connectivity index (χ3v) is 4.14. The maximum Gasteiger partial charge on any atom is 0.241 e. The maximum absolute atomic E-state index is 12.4. The zero-order valence-corrected chi connectivity index (χ0v) is 16.0. The first kappa shape index (κ1) is 20.3. The molecule has 0 saturated heterocycles. The van der Waals surface area contributed by atoms with E-state index in [0.29, 0.717) is 22.9 Å². The molecule has 2 rings (SSSR count). The zero-order chi connectivity index (χ0) is 19.8. The van der Waals surface area contributed by atoms with Crippen LogP contribution in [0.5, 0.6) is 11.5 Å². The van der Waals surface area contributed by atoms with Crippen molar-refractivity contribution in [2.24, 2.45) is 0 Å². The summed E-state index contributed by atoms with van der Waals surface area (Å²) in [5.74, 6) is 0.965. The molecule has 1 atom stereocenters. The van der Waals surface area contributed by atoms with Gasteiger partial charge in [-0.25, -0.2) is 0 Å². The lowest BCUT2D eigenvalue weighted by Gasteiger charge is -2.23. The van der Waals surface area contributed by atoms with E-state index in [4.69, 9.17) is 9.47 Å². The number of carbonyl (C=O) groups is 2. The van der Waals surface area contributed by atoms with Crippen LogP contribution >= 0.6 is 0 Å². The summed E-state index contributed by atoms with van der Waals surface area (Å²) in [6.45, 7) is 1.83. The minimum atomic E-state index is -0.488. The fraction of sp³-hybridized carbons (Fsp3) is 0.300. The van der Waals surface area contributed by atoms with Crippen LogP contribution < -0.4 is 20.1 Å². The number of anilines is 2. The smallest absolute Gasteiger partial charge is 0.241 e. The molecule has 27 heavy (non-hydrogen) atoms. The molecule has 0 aliphatic heterocycles. The molecule has 0 heterocycles. The van der Waals surface area contributed by atoms with Crippen molar-refractivity contribution in [3.05, 3.63) is 48.5 Å². The highest BCUT2D eigenvalue weighted by atomic mass is 16.5. The molecule has 2 aromatic rings. The average molecular weight is 371 g/mol. The van der Waals surface area contributed by atoms with Crippen molar-refractivity contribution in [1.29, 1.82) is 0 Å². The third-order valence-electron chi connectivity index (χ3n) is 4.14. The predicted molar refractivity (Wildman–Crippen MR) is 105 cm³/mol. The standard InChI is InChI=1S/C20H25N3O4/c1-14(20(25)22-16-6-5-7-18(12-16)27-4)23(2)13-19(24)21-15-8-10-17(26-3)11-9-15/h5-12,14H,13H2,1-4H3,(H,21,24)(H,22,25)/t14-/m1/s1. The van der Waals surface area contributed by atoms with Gasteiger partial charge >= 0.3 is 0 Å². The Morgan fingerprint density at radius 3 is 2.26 bits per heavy atom. The summed E-state index contributed by atoms with van der Waals surface area (Å²) in [4.78, 5) is 26.3. The summed E-state index contributed by atoms with van der Waals surface area (Å²) < 4.78 is 10.2. The molecule has 0 bridgehead atoms. The van der Waals surface area contributed by atoms with Crippen LogP contribution in [0, 0.1) is 0 Å². The van der Waals surface area contributed by atoms with Gasteiger partial charge in [-0.2, -0.15) is 0 Å². The number of amides is 2. The van der Waals surface area contributed by atoms with E-state index in [9.17, 15) is 9.59 Å². The lowest BCUT2D eigenvalue weighted by atomic mass is 10.2. The Kier molecular flexibility index (Phi) is 7.19. The first-order valence-corrected chi connectivity index (χ1v) is 8.52. The van der Waals surface area contributed by atoms with Gasteiger partial charge in [0.25, 0.3) is 0 Å². The van der Waals surface area contributed by atoms with Gasteiger partial charge in [0, 0.05) is 17.4 Å². The summed E-state index contributed by atoms with van der Waals surface area (Å²) in [6.07, 6.45) is 0. The van der Waals surface area contributed by atoms with Gasteiger partial charge in [0.15, 0.2) is 0 Å². The van der Waals surface area contributed by atoms with Crippen LogP contribution in [0.25, 0.3) is 0 Å². The van der Waals surface area contributed by atoms with Gasteiger partial charge in [-0.05, 0) is 50.4 Å². The highest BCUT2D eigenvalue weighted by Crippen LogP contribution is 2.17. The van der Waals surface area contributed by atoms with Crippen molar-refractivity contribution in [1.82, 2.24) is 4.90 Å². The fourth-order valence-electron chi connectivity index (χ4n) is 2.39. The number of hydrogen-bond donors (Lipinski definition) is 2. The zero-order valence-electron chi connectivity index (χ0n) is 16.0. The molecule has 7 nitrogen and oxygen atoms in total. The van der Waals surface area contributed by atoms with Crippen LogP contribution in [0.2, 0.25) is 0 Å². The lowest BCUT2D eigenvalue weighted by molar-refractivity contribution is -0.122. The number of methoxy groups -OCH3 is 2. The number of rotatable bonds is 8. The highest BCUT2D eigenvalue weighted by molar-refractivity contribution is 5.96. The van der Waals surface area contributed by atoms with E-state index in [-0.39, 0.29) is 18.4 Å². The maximum atomic E-state index is 12.4. The second-order valence-corrected chi connectivity index (χ2v) is 6.09. The van der Waals surface area contributed by atoms with E-state index in [0.717, 1.165) is 0 Å². The number of likely N-dealkylation sites (N-methyl/N-ethyl adjacent to an activating group) is 1. The molecule has 144 valence electrons. The lowest BCUT2D eigenvalue weighted by Crippen LogP contribution is -2.43. The molecule has 0 spiro atoms. The van der Waals surface area contributed by atoms with E-state index in [1.807, 2.05) is 0 Å². The Hall–Kier alpha value is -3.06. The van der Waals surface area contributed by atoms with Crippen molar-refractivity contribution in [2.75, 3.05) is 38.4 Å². The molecular formula is C20H25N3O4. The molecule has 0 aliphatic carbocycles. The average Bonchev–Trinajstić information content (AvgIpc) is 2.67. The van der Waals surface area contributed by atoms with E-state index in [2.05, 4.69) is 10.6 Å². The number of nitrogens with one attached hydrogen (secondary N) is 2. The second kappa shape index (κ2) is 9.59. The molecule has 0 radical (unpaired) electrons. The second-order valence-electron chi connectivity index (χ2n) is 6.09. The Labute approximate surface area is 159 Å². The Balaban J connectivity index is 1.88. The number of benzene rings is 2. The number of nitrogens with zero attached hydrogens (tertiary/aromatic N) is 1. The van der Waals surface area contributed by atoms with Crippen molar-refractivity contribution in [2.45, 2.75) is 13.0 Å². The Bertz CT molecular complexity index is 777. The molecule has 2 amide bonds. The first-order chi connectivity index (χ1) is 12.9. The van der Waals surface area contributed by atoms with E-state index in [1.165, 1.54) is 0 Å². The molecule has 0 aromatic heterocycles. The van der Waals surface area contributed by atoms with Crippen LogP contribution in [0.4, 0.5) is 11.4 Å². The third kappa shape index (κ3) is 6.00. The van der Waals surface area contributed by atoms with Crippen molar-refractivity contribution in [3.8, 4) is 11.5 Å². The molecule has 0 aliphatic rings. The predicted octanol–water partition coefficient (Wildman–Crippen LogP) is 2.60. The fourth-order valence-corrected chi connectivity index (χ4v) is 2.39. The normalized spacial score (nSPS) is 11.6. The summed E-state index contributed by atoms with van der Waals surface area (Å²) in [7, 11) is 4.88. The largest absolute Gasteiger partial charge is 0.497 e. The molecule has 7 heteroatoms. The number of ether oxygens (including phenoxy) is 2. The number of hydrogen-bond acceptors (Lipinski definition) is 5. The van der Waals surface area contributed by atoms with Crippen LogP contribution in [0.15, 0.2) is 48.5 Å². The van der Waals surface area contributed by atoms with Gasteiger partial charge in [0.05, 0.1) is 26.8 Å². The van der Waals surface area contributed by atoms with Crippen LogP contribution in [-0.2, 0) is 9.59 Å². The van der Waals surface area contributed by atoms with Crippen LogP contribution in [0.1, 0.15) is 6.92 Å². The Morgan fingerprint density at radius 2 is 1.63 bits per heavy atom. The van der Waals surface area contributed by atoms with Crippen molar-refractivity contribution in [3.63, 3.8) is 0 Å². The summed E-state index contributed by atoms with van der Waals surface area (Å²) >= 11 is 0. The van der Waals surface area contributed by atoms with Crippen molar-refractivity contribution < 1.29 is 19.1 Å². The molecule has 0 unspecified atom stereocenters. The van der Waals surface area contributed by atoms with E-state index < -0.39 is 6.04 Å². The SMILES string of the molecule is COc1ccc(NC(=O)CN(C)[C@H](C)C(=O)Nc2cccc(OC)c2)cc1. The van der Waals surface area contributed by atoms with Gasteiger partial charge in [-0.1, -0.05) is 6.07 Å².